The van der Waals surface area contributed by atoms with Gasteiger partial charge in [-0.05, 0) is 37.3 Å². The minimum atomic E-state index is -0.636. The lowest BCUT2D eigenvalue weighted by Crippen LogP contribution is -2.33. The zero-order chi connectivity index (χ0) is 17.1. The van der Waals surface area contributed by atoms with Crippen molar-refractivity contribution in [2.75, 3.05) is 11.9 Å². The Labute approximate surface area is 137 Å². The van der Waals surface area contributed by atoms with Gasteiger partial charge < -0.3 is 15.6 Å². The van der Waals surface area contributed by atoms with E-state index in [9.17, 15) is 14.0 Å². The van der Waals surface area contributed by atoms with Crippen LogP contribution in [0.5, 0.6) is 0 Å². The van der Waals surface area contributed by atoms with Crippen LogP contribution in [0.15, 0.2) is 42.5 Å². The molecule has 0 bridgehead atoms. The van der Waals surface area contributed by atoms with E-state index in [0.29, 0.717) is 5.69 Å². The number of carbonyl (C=O) groups is 2. The molecule has 0 saturated carbocycles. The first-order chi connectivity index (χ1) is 11.5. The summed E-state index contributed by atoms with van der Waals surface area (Å²) in [5.41, 5.74) is 2.09. The lowest BCUT2D eigenvalue weighted by Gasteiger charge is -2.07. The summed E-state index contributed by atoms with van der Waals surface area (Å²) in [6, 6.07) is 10.9. The number of aromatic amines is 1. The van der Waals surface area contributed by atoms with Gasteiger partial charge in [-0.15, -0.1) is 0 Å². The molecule has 2 aromatic carbocycles. The number of aryl methyl sites for hydroxylation is 1. The van der Waals surface area contributed by atoms with Crippen LogP contribution in [0.2, 0.25) is 0 Å². The van der Waals surface area contributed by atoms with Gasteiger partial charge in [0.05, 0.1) is 23.1 Å². The van der Waals surface area contributed by atoms with Crippen molar-refractivity contribution in [3.05, 3.63) is 59.7 Å². The molecular weight excluding hydrogens is 311 g/mol. The fraction of sp³-hybridized carbons (Fsp3) is 0.118. The molecule has 24 heavy (non-hydrogen) atoms. The van der Waals surface area contributed by atoms with Gasteiger partial charge in [0.15, 0.2) is 0 Å². The third-order valence-corrected chi connectivity index (χ3v) is 3.41. The minimum absolute atomic E-state index is 0.0975. The largest absolute Gasteiger partial charge is 0.343 e. The van der Waals surface area contributed by atoms with E-state index < -0.39 is 17.6 Å². The minimum Gasteiger partial charge on any atom is -0.343 e. The first kappa shape index (κ1) is 15.7. The van der Waals surface area contributed by atoms with E-state index >= 15 is 0 Å². The number of benzene rings is 2. The Kier molecular flexibility index (Phi) is 4.24. The van der Waals surface area contributed by atoms with Crippen molar-refractivity contribution < 1.29 is 14.0 Å². The maximum Gasteiger partial charge on any atom is 0.254 e. The third-order valence-electron chi connectivity index (χ3n) is 3.41. The molecule has 0 atom stereocenters. The Morgan fingerprint density at radius 2 is 2.00 bits per heavy atom. The van der Waals surface area contributed by atoms with Crippen LogP contribution < -0.4 is 10.6 Å². The number of halogens is 1. The van der Waals surface area contributed by atoms with Gasteiger partial charge in [0.25, 0.3) is 5.91 Å². The molecule has 0 fully saturated rings. The van der Waals surface area contributed by atoms with Crippen molar-refractivity contribution in [3.8, 4) is 0 Å². The van der Waals surface area contributed by atoms with E-state index in [-0.39, 0.29) is 12.1 Å². The Morgan fingerprint density at radius 1 is 1.21 bits per heavy atom. The van der Waals surface area contributed by atoms with Crippen LogP contribution in [0.3, 0.4) is 0 Å². The summed E-state index contributed by atoms with van der Waals surface area (Å²) in [7, 11) is 0. The van der Waals surface area contributed by atoms with E-state index in [0.717, 1.165) is 16.9 Å². The molecule has 0 radical (unpaired) electrons. The first-order valence-electron chi connectivity index (χ1n) is 7.32. The molecule has 122 valence electrons. The highest BCUT2D eigenvalue weighted by Crippen LogP contribution is 2.16. The molecule has 0 saturated heterocycles. The van der Waals surface area contributed by atoms with Crippen LogP contribution in [0.4, 0.5) is 10.1 Å². The van der Waals surface area contributed by atoms with Crippen molar-refractivity contribution in [3.63, 3.8) is 0 Å². The Bertz CT molecular complexity index is 920. The summed E-state index contributed by atoms with van der Waals surface area (Å²) in [6.07, 6.45) is 0. The molecule has 0 spiro atoms. The van der Waals surface area contributed by atoms with Crippen LogP contribution in [0, 0.1) is 12.7 Å². The predicted molar refractivity (Wildman–Crippen MR) is 88.2 cm³/mol. The highest BCUT2D eigenvalue weighted by atomic mass is 19.1. The van der Waals surface area contributed by atoms with Gasteiger partial charge in [-0.25, -0.2) is 9.37 Å². The van der Waals surface area contributed by atoms with E-state index in [1.54, 1.807) is 24.3 Å². The molecule has 3 rings (SSSR count). The highest BCUT2D eigenvalue weighted by molar-refractivity contribution is 6.00. The van der Waals surface area contributed by atoms with Gasteiger partial charge in [0.1, 0.15) is 11.6 Å². The molecule has 1 heterocycles. The molecule has 0 aliphatic heterocycles. The topological polar surface area (TPSA) is 86.9 Å². The number of carbonyl (C=O) groups excluding carboxylic acids is 2. The number of nitrogens with one attached hydrogen (secondary N) is 3. The summed E-state index contributed by atoms with van der Waals surface area (Å²) in [6.45, 7) is 1.59. The predicted octanol–water partition coefficient (Wildman–Crippen LogP) is 2.38. The van der Waals surface area contributed by atoms with Crippen LogP contribution in [-0.2, 0) is 4.79 Å². The number of hydrogen-bond acceptors (Lipinski definition) is 3. The van der Waals surface area contributed by atoms with E-state index in [1.165, 1.54) is 18.2 Å². The molecule has 3 N–H and O–H groups in total. The summed E-state index contributed by atoms with van der Waals surface area (Å²) >= 11 is 0. The van der Waals surface area contributed by atoms with E-state index in [2.05, 4.69) is 20.6 Å². The molecular formula is C17H15FN4O2. The lowest BCUT2D eigenvalue weighted by molar-refractivity contribution is -0.115. The van der Waals surface area contributed by atoms with Crippen LogP contribution in [0.1, 0.15) is 16.2 Å². The van der Waals surface area contributed by atoms with E-state index in [1.807, 2.05) is 6.92 Å². The summed E-state index contributed by atoms with van der Waals surface area (Å²) in [5, 5.41) is 5.06. The lowest BCUT2D eigenvalue weighted by atomic mass is 10.2. The van der Waals surface area contributed by atoms with Gasteiger partial charge in [0, 0.05) is 5.69 Å². The smallest absolute Gasteiger partial charge is 0.254 e. The number of nitrogens with zero attached hydrogens (tertiary/aromatic N) is 1. The van der Waals surface area contributed by atoms with Crippen LogP contribution in [0.25, 0.3) is 11.0 Å². The van der Waals surface area contributed by atoms with Gasteiger partial charge in [0.2, 0.25) is 5.91 Å². The molecule has 0 aliphatic carbocycles. The molecule has 0 aliphatic rings. The fourth-order valence-corrected chi connectivity index (χ4v) is 2.32. The SMILES string of the molecule is Cc1nc2ccc(NC(=O)CNC(=O)c3ccccc3F)cc2[nH]1. The Balaban J connectivity index is 1.60. The number of H-pyrrole nitrogens is 1. The monoisotopic (exact) mass is 326 g/mol. The van der Waals surface area contributed by atoms with Gasteiger partial charge in [-0.2, -0.15) is 0 Å². The standard InChI is InChI=1S/C17H15FN4O2/c1-10-20-14-7-6-11(8-15(14)21-10)22-16(23)9-19-17(24)12-4-2-3-5-13(12)18/h2-8H,9H2,1H3,(H,19,24)(H,20,21)(H,22,23). The highest BCUT2D eigenvalue weighted by Gasteiger charge is 2.12. The molecule has 7 heteroatoms. The summed E-state index contributed by atoms with van der Waals surface area (Å²) in [4.78, 5) is 31.1. The average Bonchev–Trinajstić information content (AvgIpc) is 2.92. The zero-order valence-electron chi connectivity index (χ0n) is 12.9. The zero-order valence-corrected chi connectivity index (χ0v) is 12.9. The molecule has 6 nitrogen and oxygen atoms in total. The molecule has 1 aromatic heterocycles. The quantitative estimate of drug-likeness (QED) is 0.688. The van der Waals surface area contributed by atoms with Crippen molar-refractivity contribution >= 4 is 28.5 Å². The number of fused-ring (bicyclic) bond motifs is 1. The number of rotatable bonds is 4. The Hall–Kier alpha value is -3.22. The molecule has 3 aromatic rings. The van der Waals surface area contributed by atoms with Crippen molar-refractivity contribution in [2.24, 2.45) is 0 Å². The Morgan fingerprint density at radius 3 is 2.79 bits per heavy atom. The van der Waals surface area contributed by atoms with Crippen molar-refractivity contribution in [1.29, 1.82) is 0 Å². The van der Waals surface area contributed by atoms with E-state index in [4.69, 9.17) is 0 Å². The van der Waals surface area contributed by atoms with Crippen LogP contribution >= 0.6 is 0 Å². The summed E-state index contributed by atoms with van der Waals surface area (Å²) in [5.74, 6) is -0.890. The first-order valence-corrected chi connectivity index (χ1v) is 7.32. The third kappa shape index (κ3) is 3.40. The second kappa shape index (κ2) is 6.49. The number of anilines is 1. The van der Waals surface area contributed by atoms with Gasteiger partial charge in [-0.3, -0.25) is 9.59 Å². The maximum absolute atomic E-state index is 13.5. The second-order valence-electron chi connectivity index (χ2n) is 5.26. The number of aromatic nitrogens is 2. The van der Waals surface area contributed by atoms with Crippen molar-refractivity contribution in [1.82, 2.24) is 15.3 Å². The number of hydrogen-bond donors (Lipinski definition) is 3. The van der Waals surface area contributed by atoms with Gasteiger partial charge >= 0.3 is 0 Å². The molecule has 0 unspecified atom stereocenters. The van der Waals surface area contributed by atoms with Crippen LogP contribution in [-0.4, -0.2) is 28.3 Å². The normalized spacial score (nSPS) is 10.6. The number of amides is 2. The number of imidazole rings is 1. The van der Waals surface area contributed by atoms with Gasteiger partial charge in [-0.1, -0.05) is 12.1 Å². The average molecular weight is 326 g/mol. The second-order valence-corrected chi connectivity index (χ2v) is 5.26. The van der Waals surface area contributed by atoms with Crippen molar-refractivity contribution in [2.45, 2.75) is 6.92 Å². The summed E-state index contributed by atoms with van der Waals surface area (Å²) < 4.78 is 13.5. The maximum atomic E-state index is 13.5. The fourth-order valence-electron chi connectivity index (χ4n) is 2.32. The molecule has 2 amide bonds.